The van der Waals surface area contributed by atoms with Crippen LogP contribution in [-0.4, -0.2) is 66.5 Å². The van der Waals surface area contributed by atoms with Crippen molar-refractivity contribution >= 4 is 29.4 Å². The van der Waals surface area contributed by atoms with Gasteiger partial charge < -0.3 is 20.9 Å². The van der Waals surface area contributed by atoms with Crippen LogP contribution in [0.1, 0.15) is 86.5 Å². The number of ketones is 1. The highest BCUT2D eigenvalue weighted by molar-refractivity contribution is 6.01. The number of hydrogen-bond acceptors (Lipinski definition) is 5. The molecule has 0 aromatic heterocycles. The van der Waals surface area contributed by atoms with Gasteiger partial charge in [0.25, 0.3) is 0 Å². The Hall–Kier alpha value is -2.71. The predicted molar refractivity (Wildman–Crippen MR) is 142 cm³/mol. The smallest absolute Gasteiger partial charge is 0.243 e. The van der Waals surface area contributed by atoms with Crippen LogP contribution in [-0.2, 0) is 24.0 Å². The first-order valence-electron chi connectivity index (χ1n) is 13.0. The van der Waals surface area contributed by atoms with E-state index in [1.165, 1.54) is 4.90 Å². The molecular formula is C27H48N4O5. The van der Waals surface area contributed by atoms with Gasteiger partial charge in [0, 0.05) is 26.9 Å². The first kappa shape index (κ1) is 33.3. The van der Waals surface area contributed by atoms with Gasteiger partial charge in [0.15, 0.2) is 5.78 Å². The molecule has 0 spiro atoms. The van der Waals surface area contributed by atoms with E-state index in [4.69, 9.17) is 0 Å². The number of nitrogens with zero attached hydrogens (tertiary/aromatic N) is 1. The van der Waals surface area contributed by atoms with Crippen molar-refractivity contribution in [3.05, 3.63) is 12.2 Å². The molecule has 4 amide bonds. The summed E-state index contributed by atoms with van der Waals surface area (Å²) in [6.45, 7) is 14.8. The lowest BCUT2D eigenvalue weighted by atomic mass is 9.96. The Morgan fingerprint density at radius 3 is 1.89 bits per heavy atom. The second kappa shape index (κ2) is 16.9. The minimum Gasteiger partial charge on any atom is -0.349 e. The molecule has 0 saturated heterocycles. The highest BCUT2D eigenvalue weighted by Crippen LogP contribution is 2.12. The highest BCUT2D eigenvalue weighted by Gasteiger charge is 2.31. The minimum atomic E-state index is -1.05. The van der Waals surface area contributed by atoms with Crippen molar-refractivity contribution in [2.24, 2.45) is 11.8 Å². The second-order valence-corrected chi connectivity index (χ2v) is 10.5. The third kappa shape index (κ3) is 12.8. The van der Waals surface area contributed by atoms with Gasteiger partial charge in [-0.05, 0) is 43.6 Å². The topological polar surface area (TPSA) is 125 Å². The van der Waals surface area contributed by atoms with E-state index in [-0.39, 0.29) is 42.3 Å². The number of unbranched alkanes of at least 4 members (excludes halogenated alkanes) is 2. The molecular weight excluding hydrogens is 460 g/mol. The maximum absolute atomic E-state index is 13.2. The quantitative estimate of drug-likeness (QED) is 0.206. The molecule has 0 aromatic rings. The largest absolute Gasteiger partial charge is 0.349 e. The van der Waals surface area contributed by atoms with Crippen molar-refractivity contribution in [3.8, 4) is 0 Å². The monoisotopic (exact) mass is 508 g/mol. The molecule has 36 heavy (non-hydrogen) atoms. The molecule has 3 N–H and O–H groups in total. The first-order valence-corrected chi connectivity index (χ1v) is 13.0. The Balaban J connectivity index is 5.69. The van der Waals surface area contributed by atoms with Gasteiger partial charge in [0.05, 0.1) is 6.04 Å². The van der Waals surface area contributed by atoms with Crippen molar-refractivity contribution in [1.29, 1.82) is 0 Å². The first-order chi connectivity index (χ1) is 16.7. The number of carbonyl (C=O) groups is 5. The lowest BCUT2D eigenvalue weighted by Gasteiger charge is -2.27. The fourth-order valence-corrected chi connectivity index (χ4v) is 3.61. The van der Waals surface area contributed by atoms with E-state index < -0.39 is 29.9 Å². The summed E-state index contributed by atoms with van der Waals surface area (Å²) < 4.78 is 0. The summed E-state index contributed by atoms with van der Waals surface area (Å²) in [5.74, 6) is -1.81. The van der Waals surface area contributed by atoms with Crippen molar-refractivity contribution in [3.63, 3.8) is 0 Å². The summed E-state index contributed by atoms with van der Waals surface area (Å²) in [7, 11) is 3.23. The standard InChI is InChI=1S/C27H48N4O5/c1-10-11-12-13-22(32)30-24(18(4)5)27(36)28-20(14-15-23(33)31(8)9)26(35)29-21(16-17(2)3)25(34)19(6)7/h17-18,20-21,24H,6,10-16H2,1-5,7-9H3,(H,28,36)(H,29,35)(H,30,32)/t20-,21-,24-/m0/s1. The van der Waals surface area contributed by atoms with Crippen molar-refractivity contribution < 1.29 is 24.0 Å². The molecule has 0 saturated carbocycles. The van der Waals surface area contributed by atoms with Gasteiger partial charge in [-0.3, -0.25) is 24.0 Å². The van der Waals surface area contributed by atoms with E-state index >= 15 is 0 Å². The second-order valence-electron chi connectivity index (χ2n) is 10.5. The number of Topliss-reactive ketones (excluding diaryl/α,β-unsaturated/α-hetero) is 1. The molecule has 0 heterocycles. The average molecular weight is 509 g/mol. The SMILES string of the molecule is C=C(C)C(=O)[C@H](CC(C)C)NC(=O)[C@H](CCC(=O)N(C)C)NC(=O)[C@@H](NC(=O)CCCCC)C(C)C. The van der Waals surface area contributed by atoms with Crippen LogP contribution < -0.4 is 16.0 Å². The molecule has 3 atom stereocenters. The van der Waals surface area contributed by atoms with E-state index in [9.17, 15) is 24.0 Å². The fraction of sp³-hybridized carbons (Fsp3) is 0.741. The maximum Gasteiger partial charge on any atom is 0.243 e. The van der Waals surface area contributed by atoms with Gasteiger partial charge in [-0.25, -0.2) is 0 Å². The van der Waals surface area contributed by atoms with Crippen LogP contribution in [0.2, 0.25) is 0 Å². The van der Waals surface area contributed by atoms with E-state index in [2.05, 4.69) is 22.5 Å². The number of nitrogens with one attached hydrogen (secondary N) is 3. The van der Waals surface area contributed by atoms with E-state index in [1.807, 2.05) is 34.6 Å². The molecule has 0 radical (unpaired) electrons. The molecule has 9 nitrogen and oxygen atoms in total. The van der Waals surface area contributed by atoms with Crippen LogP contribution in [0.5, 0.6) is 0 Å². The van der Waals surface area contributed by atoms with Gasteiger partial charge in [-0.1, -0.05) is 54.0 Å². The lowest BCUT2D eigenvalue weighted by Crippen LogP contribution is -2.57. The van der Waals surface area contributed by atoms with Crippen molar-refractivity contribution in [1.82, 2.24) is 20.9 Å². The summed E-state index contributed by atoms with van der Waals surface area (Å²) in [6.07, 6.45) is 3.47. The number of hydrogen-bond donors (Lipinski definition) is 3. The molecule has 0 aliphatic carbocycles. The lowest BCUT2D eigenvalue weighted by molar-refractivity contribution is -0.134. The summed E-state index contributed by atoms with van der Waals surface area (Å²) in [5, 5.41) is 8.26. The zero-order valence-electron chi connectivity index (χ0n) is 23.5. The highest BCUT2D eigenvalue weighted by atomic mass is 16.2. The Kier molecular flexibility index (Phi) is 15.6. The maximum atomic E-state index is 13.2. The molecule has 0 aromatic carbocycles. The Labute approximate surface area is 217 Å². The number of amides is 4. The molecule has 9 heteroatoms. The normalized spacial score (nSPS) is 13.5. The van der Waals surface area contributed by atoms with E-state index in [0.717, 1.165) is 19.3 Å². The molecule has 0 fully saturated rings. The third-order valence-corrected chi connectivity index (χ3v) is 5.81. The minimum absolute atomic E-state index is 0.0321. The summed E-state index contributed by atoms with van der Waals surface area (Å²) in [6, 6.07) is -2.66. The number of carbonyl (C=O) groups excluding carboxylic acids is 5. The van der Waals surface area contributed by atoms with Gasteiger partial charge in [-0.15, -0.1) is 0 Å². The van der Waals surface area contributed by atoms with Crippen LogP contribution in [0, 0.1) is 11.8 Å². The van der Waals surface area contributed by atoms with Gasteiger partial charge in [0.1, 0.15) is 12.1 Å². The molecule has 0 bridgehead atoms. The predicted octanol–water partition coefficient (Wildman–Crippen LogP) is 2.74. The van der Waals surface area contributed by atoms with Gasteiger partial charge in [-0.2, -0.15) is 0 Å². The van der Waals surface area contributed by atoms with Crippen LogP contribution in [0.25, 0.3) is 0 Å². The zero-order valence-corrected chi connectivity index (χ0v) is 23.5. The molecule has 0 unspecified atom stereocenters. The van der Waals surface area contributed by atoms with Crippen molar-refractivity contribution in [2.45, 2.75) is 105 Å². The van der Waals surface area contributed by atoms with Crippen LogP contribution in [0.15, 0.2) is 12.2 Å². The summed E-state index contributed by atoms with van der Waals surface area (Å²) >= 11 is 0. The molecule has 0 aliphatic rings. The van der Waals surface area contributed by atoms with Crippen LogP contribution in [0.3, 0.4) is 0 Å². The molecule has 206 valence electrons. The van der Waals surface area contributed by atoms with E-state index in [1.54, 1.807) is 21.0 Å². The molecule has 0 aliphatic heterocycles. The van der Waals surface area contributed by atoms with Crippen LogP contribution >= 0.6 is 0 Å². The Bertz CT molecular complexity index is 776. The fourth-order valence-electron chi connectivity index (χ4n) is 3.61. The zero-order chi connectivity index (χ0) is 28.0. The summed E-state index contributed by atoms with van der Waals surface area (Å²) in [4.78, 5) is 65.0. The summed E-state index contributed by atoms with van der Waals surface area (Å²) in [5.41, 5.74) is 0.329. The Morgan fingerprint density at radius 2 is 1.42 bits per heavy atom. The third-order valence-electron chi connectivity index (χ3n) is 5.81. The van der Waals surface area contributed by atoms with Gasteiger partial charge >= 0.3 is 0 Å². The van der Waals surface area contributed by atoms with Crippen molar-refractivity contribution in [2.75, 3.05) is 14.1 Å². The number of rotatable bonds is 17. The average Bonchev–Trinajstić information content (AvgIpc) is 2.78. The van der Waals surface area contributed by atoms with Crippen LogP contribution in [0.4, 0.5) is 0 Å². The van der Waals surface area contributed by atoms with Gasteiger partial charge in [0.2, 0.25) is 23.6 Å². The Morgan fingerprint density at radius 1 is 0.833 bits per heavy atom. The molecule has 0 rings (SSSR count). The van der Waals surface area contributed by atoms with E-state index in [0.29, 0.717) is 18.4 Å².